The molecule has 2 aliphatic rings. The summed E-state index contributed by atoms with van der Waals surface area (Å²) in [6, 6.07) is 14.0. The summed E-state index contributed by atoms with van der Waals surface area (Å²) in [6.07, 6.45) is 1.94. The summed E-state index contributed by atoms with van der Waals surface area (Å²) in [5.74, 6) is -0.696. The average Bonchev–Trinajstić information content (AvgIpc) is 3.40. The second kappa shape index (κ2) is 8.74. The molecule has 0 fully saturated rings. The van der Waals surface area contributed by atoms with Gasteiger partial charge in [-0.2, -0.15) is 0 Å². The molecule has 5 aromatic rings. The van der Waals surface area contributed by atoms with Crippen LogP contribution in [0.15, 0.2) is 68.8 Å². The number of phenols is 1. The minimum absolute atomic E-state index is 0.0583. The molecule has 1 atom stereocenters. The Labute approximate surface area is 226 Å². The standard InChI is InChI=1S/C31H23NO8/c1-37-22-7-6-16(11-23(22)38-2)20-14-39-30-26-18(12-25(34)40-24(26)13-21(33)27(30)29(20)35)19-10-17-5-3-4-15-8-9-32(28(15)17)31(19)36/h3-7,10-11,13-14,18,33H,8-9,12H2,1-2H3/t18-/m1/s1. The Bertz CT molecular complexity index is 2020. The van der Waals surface area contributed by atoms with Crippen LogP contribution in [-0.4, -0.2) is 29.9 Å². The maximum atomic E-state index is 13.8. The monoisotopic (exact) mass is 537 g/mol. The third-order valence-electron chi connectivity index (χ3n) is 7.87. The van der Waals surface area contributed by atoms with Crippen molar-refractivity contribution in [1.82, 2.24) is 4.57 Å². The molecule has 200 valence electrons. The molecule has 0 unspecified atom stereocenters. The number of benzene rings is 3. The predicted molar refractivity (Wildman–Crippen MR) is 147 cm³/mol. The van der Waals surface area contributed by atoms with Crippen molar-refractivity contribution in [1.29, 1.82) is 0 Å². The summed E-state index contributed by atoms with van der Waals surface area (Å²) in [6.45, 7) is 0.548. The third-order valence-corrected chi connectivity index (χ3v) is 7.87. The fourth-order valence-corrected chi connectivity index (χ4v) is 6.04. The van der Waals surface area contributed by atoms with Gasteiger partial charge in [0.05, 0.1) is 31.7 Å². The van der Waals surface area contributed by atoms with E-state index in [0.29, 0.717) is 34.7 Å². The number of hydrogen-bond acceptors (Lipinski definition) is 8. The van der Waals surface area contributed by atoms with E-state index in [2.05, 4.69) is 0 Å². The van der Waals surface area contributed by atoms with Gasteiger partial charge in [-0.15, -0.1) is 0 Å². The van der Waals surface area contributed by atoms with E-state index in [1.165, 1.54) is 26.5 Å². The lowest BCUT2D eigenvalue weighted by molar-refractivity contribution is -0.135. The number of ether oxygens (including phenoxy) is 3. The van der Waals surface area contributed by atoms with E-state index >= 15 is 0 Å². The highest BCUT2D eigenvalue weighted by Gasteiger charge is 2.36. The Balaban J connectivity index is 1.47. The van der Waals surface area contributed by atoms with Gasteiger partial charge in [-0.1, -0.05) is 24.3 Å². The molecule has 0 saturated carbocycles. The first-order valence-corrected chi connectivity index (χ1v) is 12.8. The first kappa shape index (κ1) is 24.0. The lowest BCUT2D eigenvalue weighted by atomic mass is 9.85. The van der Waals surface area contributed by atoms with Gasteiger partial charge in [-0.25, -0.2) is 0 Å². The van der Waals surface area contributed by atoms with Crippen molar-refractivity contribution in [3.8, 4) is 34.1 Å². The van der Waals surface area contributed by atoms with Gasteiger partial charge < -0.3 is 28.3 Å². The molecule has 9 heteroatoms. The van der Waals surface area contributed by atoms with Crippen LogP contribution in [0, 0.1) is 0 Å². The molecule has 0 radical (unpaired) electrons. The van der Waals surface area contributed by atoms with Crippen LogP contribution in [0.25, 0.3) is 33.0 Å². The van der Waals surface area contributed by atoms with Crippen LogP contribution in [0.4, 0.5) is 0 Å². The highest BCUT2D eigenvalue weighted by atomic mass is 16.5. The maximum Gasteiger partial charge on any atom is 0.312 e. The molecule has 0 bridgehead atoms. The number of hydrogen-bond donors (Lipinski definition) is 1. The zero-order valence-corrected chi connectivity index (χ0v) is 21.6. The van der Waals surface area contributed by atoms with Crippen LogP contribution in [-0.2, 0) is 17.8 Å². The van der Waals surface area contributed by atoms with E-state index in [1.54, 1.807) is 22.8 Å². The van der Waals surface area contributed by atoms with Crippen LogP contribution < -0.4 is 25.2 Å². The molecule has 0 amide bonds. The van der Waals surface area contributed by atoms with Crippen molar-refractivity contribution in [2.45, 2.75) is 25.3 Å². The summed E-state index contributed by atoms with van der Waals surface area (Å²) < 4.78 is 23.9. The maximum absolute atomic E-state index is 13.8. The van der Waals surface area contributed by atoms with E-state index in [0.717, 1.165) is 22.9 Å². The first-order chi connectivity index (χ1) is 19.4. The van der Waals surface area contributed by atoms with E-state index < -0.39 is 23.1 Å². The van der Waals surface area contributed by atoms with Gasteiger partial charge in [-0.05, 0) is 41.1 Å². The summed E-state index contributed by atoms with van der Waals surface area (Å²) in [7, 11) is 3.01. The van der Waals surface area contributed by atoms with Gasteiger partial charge >= 0.3 is 5.97 Å². The number of aromatic nitrogens is 1. The highest BCUT2D eigenvalue weighted by Crippen LogP contribution is 2.45. The number of fused-ring (bicyclic) bond motifs is 3. The molecule has 9 nitrogen and oxygen atoms in total. The zero-order valence-electron chi connectivity index (χ0n) is 21.6. The topological polar surface area (TPSA) is 117 Å². The largest absolute Gasteiger partial charge is 0.507 e. The van der Waals surface area contributed by atoms with Crippen molar-refractivity contribution < 1.29 is 28.5 Å². The number of carbonyl (C=O) groups is 1. The molecule has 0 spiro atoms. The van der Waals surface area contributed by atoms with Gasteiger partial charge in [0.1, 0.15) is 28.7 Å². The van der Waals surface area contributed by atoms with Crippen molar-refractivity contribution in [2.75, 3.05) is 14.2 Å². The van der Waals surface area contributed by atoms with Gasteiger partial charge in [0, 0.05) is 29.7 Å². The minimum Gasteiger partial charge on any atom is -0.507 e. The number of pyridine rings is 1. The smallest absolute Gasteiger partial charge is 0.312 e. The Kier molecular flexibility index (Phi) is 5.25. The Morgan fingerprint density at radius 3 is 2.62 bits per heavy atom. The SMILES string of the molecule is COc1ccc(-c2coc3c4c(cc(O)c3c2=O)OC(=O)C[C@@H]4c2cc3cccc4c3n(c2=O)CC4)cc1OC. The molecular formula is C31H23NO8. The Morgan fingerprint density at radius 2 is 1.82 bits per heavy atom. The minimum atomic E-state index is -0.737. The number of rotatable bonds is 4. The Hall–Kier alpha value is -5.05. The molecule has 2 aromatic heterocycles. The van der Waals surface area contributed by atoms with Crippen molar-refractivity contribution in [3.63, 3.8) is 0 Å². The number of aryl methyl sites for hydroxylation is 2. The zero-order chi connectivity index (χ0) is 27.7. The fourth-order valence-electron chi connectivity index (χ4n) is 6.04. The molecule has 40 heavy (non-hydrogen) atoms. The fraction of sp³-hybridized carbons (Fsp3) is 0.194. The highest BCUT2D eigenvalue weighted by molar-refractivity contribution is 5.94. The molecule has 4 heterocycles. The predicted octanol–water partition coefficient (Wildman–Crippen LogP) is 4.49. The van der Waals surface area contributed by atoms with Crippen LogP contribution in [0.5, 0.6) is 23.0 Å². The molecule has 0 saturated heterocycles. The third kappa shape index (κ3) is 3.37. The molecule has 2 aliphatic heterocycles. The summed E-state index contributed by atoms with van der Waals surface area (Å²) in [5.41, 5.74) is 2.86. The first-order valence-electron chi connectivity index (χ1n) is 12.8. The normalized spacial score (nSPS) is 15.8. The number of esters is 1. The molecule has 7 rings (SSSR count). The second-order valence-corrected chi connectivity index (χ2v) is 9.95. The van der Waals surface area contributed by atoms with Gasteiger partial charge in [0.25, 0.3) is 5.56 Å². The van der Waals surface area contributed by atoms with Crippen LogP contribution >= 0.6 is 0 Å². The quantitative estimate of drug-likeness (QED) is 0.263. The Morgan fingerprint density at radius 1 is 1.00 bits per heavy atom. The van der Waals surface area contributed by atoms with Crippen LogP contribution in [0.2, 0.25) is 0 Å². The summed E-state index contributed by atoms with van der Waals surface area (Å²) in [5, 5.41) is 11.8. The van der Waals surface area contributed by atoms with Crippen molar-refractivity contribution in [3.05, 3.63) is 92.1 Å². The van der Waals surface area contributed by atoms with E-state index in [9.17, 15) is 19.5 Å². The number of nitrogens with zero attached hydrogens (tertiary/aromatic N) is 1. The second-order valence-electron chi connectivity index (χ2n) is 9.95. The van der Waals surface area contributed by atoms with Gasteiger partial charge in [0.15, 0.2) is 11.5 Å². The van der Waals surface area contributed by atoms with E-state index in [4.69, 9.17) is 18.6 Å². The molecule has 1 N–H and O–H groups in total. The average molecular weight is 538 g/mol. The molecular weight excluding hydrogens is 514 g/mol. The number of methoxy groups -OCH3 is 2. The number of carbonyl (C=O) groups excluding carboxylic acids is 1. The molecule has 0 aliphatic carbocycles. The van der Waals surface area contributed by atoms with Crippen LogP contribution in [0.1, 0.15) is 29.0 Å². The van der Waals surface area contributed by atoms with E-state index in [1.807, 2.05) is 24.3 Å². The van der Waals surface area contributed by atoms with Crippen molar-refractivity contribution in [2.24, 2.45) is 0 Å². The van der Waals surface area contributed by atoms with E-state index in [-0.39, 0.29) is 34.3 Å². The van der Waals surface area contributed by atoms with Crippen molar-refractivity contribution >= 4 is 27.8 Å². The molecule has 3 aromatic carbocycles. The number of para-hydroxylation sites is 1. The van der Waals surface area contributed by atoms with Crippen LogP contribution in [0.3, 0.4) is 0 Å². The lowest BCUT2D eigenvalue weighted by Gasteiger charge is -2.26. The summed E-state index contributed by atoms with van der Waals surface area (Å²) in [4.78, 5) is 40.2. The van der Waals surface area contributed by atoms with Gasteiger partial charge in [0.2, 0.25) is 5.43 Å². The number of phenolic OH excluding ortho intramolecular Hbond substituents is 1. The summed E-state index contributed by atoms with van der Waals surface area (Å²) >= 11 is 0. The lowest BCUT2D eigenvalue weighted by Crippen LogP contribution is -2.29. The number of aromatic hydroxyl groups is 1. The van der Waals surface area contributed by atoms with Gasteiger partial charge in [-0.3, -0.25) is 14.4 Å².